The molecule has 0 aromatic heterocycles. The van der Waals surface area contributed by atoms with Crippen molar-refractivity contribution in [3.63, 3.8) is 0 Å². The summed E-state index contributed by atoms with van der Waals surface area (Å²) in [6, 6.07) is 16.9. The minimum Gasteiger partial charge on any atom is -0.480 e. The summed E-state index contributed by atoms with van der Waals surface area (Å²) >= 11 is 0. The molecule has 120 valence electrons. The van der Waals surface area contributed by atoms with Gasteiger partial charge < -0.3 is 10.4 Å². The average molecular weight is 311 g/mol. The highest BCUT2D eigenvalue weighted by Crippen LogP contribution is 2.19. The van der Waals surface area contributed by atoms with Crippen LogP contribution < -0.4 is 5.32 Å². The lowest BCUT2D eigenvalue weighted by molar-refractivity contribution is -0.143. The first-order valence-corrected chi connectivity index (χ1v) is 7.64. The minimum absolute atomic E-state index is 0.156. The van der Waals surface area contributed by atoms with Crippen LogP contribution in [0.1, 0.15) is 19.4 Å². The van der Waals surface area contributed by atoms with Crippen molar-refractivity contribution >= 4 is 11.9 Å². The van der Waals surface area contributed by atoms with Crippen molar-refractivity contribution in [2.45, 2.75) is 26.3 Å². The molecule has 0 heterocycles. The number of carboxylic acids is 1. The zero-order valence-electron chi connectivity index (χ0n) is 13.3. The highest BCUT2D eigenvalue weighted by Gasteiger charge is 2.23. The van der Waals surface area contributed by atoms with Crippen molar-refractivity contribution in [1.29, 1.82) is 0 Å². The van der Waals surface area contributed by atoms with Crippen LogP contribution in [0.4, 0.5) is 0 Å². The number of hydrogen-bond acceptors (Lipinski definition) is 2. The SMILES string of the molecule is CC(C)C(NC(=O)Cc1ccc(-c2ccccc2)cc1)C(=O)O. The van der Waals surface area contributed by atoms with Crippen LogP contribution in [0.25, 0.3) is 11.1 Å². The second kappa shape index (κ2) is 7.58. The first-order valence-electron chi connectivity index (χ1n) is 7.64. The maximum atomic E-state index is 12.0. The quantitative estimate of drug-likeness (QED) is 0.861. The summed E-state index contributed by atoms with van der Waals surface area (Å²) in [5, 5.41) is 11.7. The largest absolute Gasteiger partial charge is 0.480 e. The minimum atomic E-state index is -1.01. The second-order valence-electron chi connectivity index (χ2n) is 5.87. The number of aliphatic carboxylic acids is 1. The first-order chi connectivity index (χ1) is 11.0. The van der Waals surface area contributed by atoms with Crippen LogP contribution in [0.2, 0.25) is 0 Å². The monoisotopic (exact) mass is 311 g/mol. The number of rotatable bonds is 6. The van der Waals surface area contributed by atoms with Crippen LogP contribution in [0.15, 0.2) is 54.6 Å². The summed E-state index contributed by atoms with van der Waals surface area (Å²) in [6.45, 7) is 3.54. The summed E-state index contributed by atoms with van der Waals surface area (Å²) < 4.78 is 0. The van der Waals surface area contributed by atoms with E-state index >= 15 is 0 Å². The standard InChI is InChI=1S/C19H21NO3/c1-13(2)18(19(22)23)20-17(21)12-14-8-10-16(11-9-14)15-6-4-3-5-7-15/h3-11,13,18H,12H2,1-2H3,(H,20,21)(H,22,23). The number of carboxylic acid groups (broad SMARTS) is 1. The van der Waals surface area contributed by atoms with Gasteiger partial charge >= 0.3 is 5.97 Å². The smallest absolute Gasteiger partial charge is 0.326 e. The lowest BCUT2D eigenvalue weighted by atomic mass is 10.0. The van der Waals surface area contributed by atoms with Crippen molar-refractivity contribution < 1.29 is 14.7 Å². The summed E-state index contributed by atoms with van der Waals surface area (Å²) in [6.07, 6.45) is 0.172. The van der Waals surface area contributed by atoms with Gasteiger partial charge in [-0.25, -0.2) is 4.79 Å². The molecule has 0 saturated carbocycles. The Balaban J connectivity index is 2.01. The van der Waals surface area contributed by atoms with Crippen molar-refractivity contribution in [2.75, 3.05) is 0 Å². The summed E-state index contributed by atoms with van der Waals surface area (Å²) in [5.74, 6) is -1.44. The molecule has 0 aliphatic heterocycles. The van der Waals surface area contributed by atoms with Crippen LogP contribution >= 0.6 is 0 Å². The third-order valence-corrected chi connectivity index (χ3v) is 3.67. The van der Waals surface area contributed by atoms with Gasteiger partial charge in [0.15, 0.2) is 0 Å². The van der Waals surface area contributed by atoms with E-state index in [0.717, 1.165) is 16.7 Å². The fourth-order valence-electron chi connectivity index (χ4n) is 2.37. The molecule has 1 amide bonds. The zero-order valence-corrected chi connectivity index (χ0v) is 13.3. The van der Waals surface area contributed by atoms with Gasteiger partial charge in [-0.1, -0.05) is 68.4 Å². The van der Waals surface area contributed by atoms with E-state index in [0.29, 0.717) is 0 Å². The lowest BCUT2D eigenvalue weighted by Gasteiger charge is -2.17. The number of carbonyl (C=O) groups excluding carboxylic acids is 1. The van der Waals surface area contributed by atoms with Crippen LogP contribution in [-0.4, -0.2) is 23.0 Å². The van der Waals surface area contributed by atoms with E-state index in [1.165, 1.54) is 0 Å². The van der Waals surface area contributed by atoms with Gasteiger partial charge in [-0.05, 0) is 22.6 Å². The molecule has 2 aromatic carbocycles. The molecule has 23 heavy (non-hydrogen) atoms. The lowest BCUT2D eigenvalue weighted by Crippen LogP contribution is -2.44. The van der Waals surface area contributed by atoms with Crippen LogP contribution in [0, 0.1) is 5.92 Å². The summed E-state index contributed by atoms with van der Waals surface area (Å²) in [7, 11) is 0. The van der Waals surface area contributed by atoms with Crippen molar-refractivity contribution in [3.8, 4) is 11.1 Å². The molecule has 0 radical (unpaired) electrons. The number of hydrogen-bond donors (Lipinski definition) is 2. The normalized spacial score (nSPS) is 12.0. The predicted octanol–water partition coefficient (Wildman–Crippen LogP) is 3.12. The molecule has 2 N–H and O–H groups in total. The Labute approximate surface area is 136 Å². The fourth-order valence-corrected chi connectivity index (χ4v) is 2.37. The van der Waals surface area contributed by atoms with Gasteiger partial charge in [0.25, 0.3) is 0 Å². The van der Waals surface area contributed by atoms with Gasteiger partial charge in [-0.15, -0.1) is 0 Å². The van der Waals surface area contributed by atoms with Crippen molar-refractivity contribution in [1.82, 2.24) is 5.32 Å². The molecule has 0 aliphatic carbocycles. The molecular formula is C19H21NO3. The zero-order chi connectivity index (χ0) is 16.8. The molecule has 0 spiro atoms. The number of carbonyl (C=O) groups is 2. The Bertz CT molecular complexity index is 663. The number of benzene rings is 2. The van der Waals surface area contributed by atoms with Gasteiger partial charge in [0.2, 0.25) is 5.91 Å². The molecule has 0 aliphatic rings. The summed E-state index contributed by atoms with van der Waals surface area (Å²) in [5.41, 5.74) is 3.06. The van der Waals surface area contributed by atoms with Crippen molar-refractivity contribution in [3.05, 3.63) is 60.2 Å². The summed E-state index contributed by atoms with van der Waals surface area (Å²) in [4.78, 5) is 23.1. The highest BCUT2D eigenvalue weighted by atomic mass is 16.4. The average Bonchev–Trinajstić information content (AvgIpc) is 2.53. The Morgan fingerprint density at radius 3 is 2.04 bits per heavy atom. The van der Waals surface area contributed by atoms with Gasteiger partial charge in [-0.3, -0.25) is 4.79 Å². The van der Waals surface area contributed by atoms with Gasteiger partial charge in [0.05, 0.1) is 6.42 Å². The third kappa shape index (κ3) is 4.68. The van der Waals surface area contributed by atoms with Gasteiger partial charge in [-0.2, -0.15) is 0 Å². The fraction of sp³-hybridized carbons (Fsp3) is 0.263. The van der Waals surface area contributed by atoms with E-state index < -0.39 is 12.0 Å². The van der Waals surface area contributed by atoms with Crippen molar-refractivity contribution in [2.24, 2.45) is 5.92 Å². The van der Waals surface area contributed by atoms with Crippen LogP contribution in [0.5, 0.6) is 0 Å². The second-order valence-corrected chi connectivity index (χ2v) is 5.87. The van der Waals surface area contributed by atoms with E-state index in [4.69, 9.17) is 5.11 Å². The molecule has 2 rings (SSSR count). The highest BCUT2D eigenvalue weighted by molar-refractivity contribution is 5.85. The molecule has 2 aromatic rings. The van der Waals surface area contributed by atoms with E-state index in [2.05, 4.69) is 5.32 Å². The number of amides is 1. The molecule has 0 bridgehead atoms. The molecular weight excluding hydrogens is 290 g/mol. The number of nitrogens with one attached hydrogen (secondary N) is 1. The maximum Gasteiger partial charge on any atom is 0.326 e. The third-order valence-electron chi connectivity index (χ3n) is 3.67. The Kier molecular flexibility index (Phi) is 5.52. The van der Waals surface area contributed by atoms with Gasteiger partial charge in [0.1, 0.15) is 6.04 Å². The van der Waals surface area contributed by atoms with Crippen LogP contribution in [-0.2, 0) is 16.0 Å². The predicted molar refractivity (Wildman–Crippen MR) is 90.0 cm³/mol. The molecule has 4 heteroatoms. The first kappa shape index (κ1) is 16.7. The van der Waals surface area contributed by atoms with E-state index in [1.54, 1.807) is 13.8 Å². The molecule has 1 unspecified atom stereocenters. The molecule has 0 fully saturated rings. The van der Waals surface area contributed by atoms with Crippen LogP contribution in [0.3, 0.4) is 0 Å². The van der Waals surface area contributed by atoms with Gasteiger partial charge in [0, 0.05) is 0 Å². The topological polar surface area (TPSA) is 66.4 Å². The molecule has 0 saturated heterocycles. The molecule has 1 atom stereocenters. The molecule has 4 nitrogen and oxygen atoms in total. The van der Waals surface area contributed by atoms with E-state index in [9.17, 15) is 9.59 Å². The van der Waals surface area contributed by atoms with E-state index in [1.807, 2.05) is 54.6 Å². The maximum absolute atomic E-state index is 12.0. The Morgan fingerprint density at radius 1 is 0.957 bits per heavy atom. The Morgan fingerprint density at radius 2 is 1.52 bits per heavy atom. The van der Waals surface area contributed by atoms with E-state index in [-0.39, 0.29) is 18.2 Å². The Hall–Kier alpha value is -2.62.